The summed E-state index contributed by atoms with van der Waals surface area (Å²) >= 11 is 0. The molecule has 3 rings (SSSR count). The second-order valence-electron chi connectivity index (χ2n) is 7.56. The minimum absolute atomic E-state index is 0.00656. The van der Waals surface area contributed by atoms with E-state index in [0.717, 1.165) is 16.7 Å². The number of piperidine rings is 1. The third kappa shape index (κ3) is 5.20. The SMILES string of the molecule is Cc1cccc(CS(=O)(=O)N2CCC(C(=O)N[C@@H](C)c3ccccc3)CC2)c1. The molecule has 1 N–H and O–H groups in total. The Kier molecular flexibility index (Phi) is 6.52. The van der Waals surface area contributed by atoms with Crippen molar-refractivity contribution in [1.29, 1.82) is 0 Å². The summed E-state index contributed by atoms with van der Waals surface area (Å²) in [6.45, 7) is 4.71. The van der Waals surface area contributed by atoms with E-state index in [2.05, 4.69) is 5.32 Å². The van der Waals surface area contributed by atoms with Gasteiger partial charge in [-0.1, -0.05) is 60.2 Å². The van der Waals surface area contributed by atoms with Crippen molar-refractivity contribution in [2.75, 3.05) is 13.1 Å². The van der Waals surface area contributed by atoms with Crippen LogP contribution in [-0.4, -0.2) is 31.7 Å². The summed E-state index contributed by atoms with van der Waals surface area (Å²) in [6.07, 6.45) is 1.11. The molecule has 0 saturated carbocycles. The first kappa shape index (κ1) is 20.6. The van der Waals surface area contributed by atoms with Crippen LogP contribution >= 0.6 is 0 Å². The molecule has 0 aliphatic carbocycles. The summed E-state index contributed by atoms with van der Waals surface area (Å²) < 4.78 is 27.0. The quantitative estimate of drug-likeness (QED) is 0.808. The van der Waals surface area contributed by atoms with Gasteiger partial charge in [-0.15, -0.1) is 0 Å². The first-order valence-corrected chi connectivity index (χ1v) is 11.3. The maximum absolute atomic E-state index is 12.7. The van der Waals surface area contributed by atoms with Gasteiger partial charge in [0.1, 0.15) is 0 Å². The summed E-state index contributed by atoms with van der Waals surface area (Å²) in [5.41, 5.74) is 2.92. The second-order valence-corrected chi connectivity index (χ2v) is 9.53. The number of carbonyl (C=O) groups is 1. The van der Waals surface area contributed by atoms with Gasteiger partial charge in [0.15, 0.2) is 0 Å². The van der Waals surface area contributed by atoms with Crippen molar-refractivity contribution >= 4 is 15.9 Å². The number of hydrogen-bond acceptors (Lipinski definition) is 3. The molecule has 1 heterocycles. The maximum atomic E-state index is 12.7. The van der Waals surface area contributed by atoms with Crippen LogP contribution in [0.25, 0.3) is 0 Å². The number of sulfonamides is 1. The molecule has 2 aromatic rings. The first-order valence-electron chi connectivity index (χ1n) is 9.74. The van der Waals surface area contributed by atoms with Crippen molar-refractivity contribution in [2.24, 2.45) is 5.92 Å². The van der Waals surface area contributed by atoms with E-state index >= 15 is 0 Å². The summed E-state index contributed by atoms with van der Waals surface area (Å²) in [5.74, 6) is -0.125. The number of nitrogens with one attached hydrogen (secondary N) is 1. The molecule has 6 heteroatoms. The maximum Gasteiger partial charge on any atom is 0.223 e. The summed E-state index contributed by atoms with van der Waals surface area (Å²) in [4.78, 5) is 12.6. The molecule has 0 radical (unpaired) electrons. The Balaban J connectivity index is 1.54. The molecule has 2 aromatic carbocycles. The normalized spacial score (nSPS) is 17.2. The van der Waals surface area contributed by atoms with E-state index in [4.69, 9.17) is 0 Å². The Hall–Kier alpha value is -2.18. The molecular weight excluding hydrogens is 372 g/mol. The molecule has 0 bridgehead atoms. The molecular formula is C22H28N2O3S. The van der Waals surface area contributed by atoms with Crippen LogP contribution in [0.5, 0.6) is 0 Å². The molecule has 1 fully saturated rings. The standard InChI is InChI=1S/C22H28N2O3S/c1-17-7-6-8-19(15-17)16-28(26,27)24-13-11-21(12-14-24)22(25)23-18(2)20-9-4-3-5-10-20/h3-10,15,18,21H,11-14,16H2,1-2H3,(H,23,25)/t18-/m0/s1. The number of carbonyl (C=O) groups excluding carboxylic acids is 1. The van der Waals surface area contributed by atoms with Crippen molar-refractivity contribution in [3.05, 3.63) is 71.3 Å². The lowest BCUT2D eigenvalue weighted by Crippen LogP contribution is -2.43. The van der Waals surface area contributed by atoms with Crippen molar-refractivity contribution in [1.82, 2.24) is 9.62 Å². The molecule has 1 saturated heterocycles. The van der Waals surface area contributed by atoms with Crippen LogP contribution < -0.4 is 5.32 Å². The molecule has 1 amide bonds. The highest BCUT2D eigenvalue weighted by atomic mass is 32.2. The third-order valence-corrected chi connectivity index (χ3v) is 7.16. The van der Waals surface area contributed by atoms with Gasteiger partial charge in [-0.2, -0.15) is 0 Å². The number of amides is 1. The van der Waals surface area contributed by atoms with Crippen molar-refractivity contribution in [3.8, 4) is 0 Å². The molecule has 1 aliphatic rings. The average molecular weight is 401 g/mol. The van der Waals surface area contributed by atoms with Crippen LogP contribution in [0.1, 0.15) is 42.5 Å². The van der Waals surface area contributed by atoms with E-state index in [0.29, 0.717) is 25.9 Å². The zero-order valence-electron chi connectivity index (χ0n) is 16.5. The van der Waals surface area contributed by atoms with Gasteiger partial charge < -0.3 is 5.32 Å². The lowest BCUT2D eigenvalue weighted by molar-refractivity contribution is -0.126. The van der Waals surface area contributed by atoms with E-state index in [9.17, 15) is 13.2 Å². The fourth-order valence-electron chi connectivity index (χ4n) is 3.66. The van der Waals surface area contributed by atoms with Gasteiger partial charge in [0.25, 0.3) is 0 Å². The van der Waals surface area contributed by atoms with E-state index in [1.807, 2.05) is 68.4 Å². The van der Waals surface area contributed by atoms with Gasteiger partial charge in [-0.25, -0.2) is 12.7 Å². The lowest BCUT2D eigenvalue weighted by atomic mass is 9.96. The fraction of sp³-hybridized carbons (Fsp3) is 0.409. The highest BCUT2D eigenvalue weighted by Gasteiger charge is 2.31. The monoisotopic (exact) mass is 400 g/mol. The van der Waals surface area contributed by atoms with Gasteiger partial charge in [0.2, 0.25) is 15.9 Å². The highest BCUT2D eigenvalue weighted by molar-refractivity contribution is 7.88. The Morgan fingerprint density at radius 2 is 1.79 bits per heavy atom. The fourth-order valence-corrected chi connectivity index (χ4v) is 5.21. The van der Waals surface area contributed by atoms with E-state index in [1.54, 1.807) is 0 Å². The first-order chi connectivity index (χ1) is 13.3. The summed E-state index contributed by atoms with van der Waals surface area (Å²) in [5, 5.41) is 3.06. The van der Waals surface area contributed by atoms with Crippen LogP contribution in [0.3, 0.4) is 0 Å². The van der Waals surface area contributed by atoms with Crippen LogP contribution in [0.15, 0.2) is 54.6 Å². The predicted octanol–water partition coefficient (Wildman–Crippen LogP) is 3.41. The Bertz CT molecular complexity index is 904. The minimum Gasteiger partial charge on any atom is -0.349 e. The Morgan fingerprint density at radius 1 is 1.11 bits per heavy atom. The van der Waals surface area contributed by atoms with Crippen molar-refractivity contribution < 1.29 is 13.2 Å². The third-order valence-electron chi connectivity index (χ3n) is 5.31. The molecule has 0 spiro atoms. The molecule has 5 nitrogen and oxygen atoms in total. The van der Waals surface area contributed by atoms with Crippen LogP contribution in [0, 0.1) is 12.8 Å². The van der Waals surface area contributed by atoms with E-state index < -0.39 is 10.0 Å². The predicted molar refractivity (Wildman–Crippen MR) is 111 cm³/mol. The zero-order chi connectivity index (χ0) is 20.1. The molecule has 1 atom stereocenters. The molecule has 28 heavy (non-hydrogen) atoms. The summed E-state index contributed by atoms with van der Waals surface area (Å²) in [7, 11) is -3.37. The van der Waals surface area contributed by atoms with Crippen LogP contribution in [0.4, 0.5) is 0 Å². The van der Waals surface area contributed by atoms with Gasteiger partial charge in [-0.3, -0.25) is 4.79 Å². The Labute approximate surface area is 167 Å². The molecule has 0 unspecified atom stereocenters. The molecule has 0 aromatic heterocycles. The highest BCUT2D eigenvalue weighted by Crippen LogP contribution is 2.23. The van der Waals surface area contributed by atoms with Gasteiger partial charge in [-0.05, 0) is 37.8 Å². The lowest BCUT2D eigenvalue weighted by Gasteiger charge is -2.31. The zero-order valence-corrected chi connectivity index (χ0v) is 17.3. The minimum atomic E-state index is -3.37. The van der Waals surface area contributed by atoms with Crippen LogP contribution in [-0.2, 0) is 20.6 Å². The smallest absolute Gasteiger partial charge is 0.223 e. The van der Waals surface area contributed by atoms with Crippen molar-refractivity contribution in [2.45, 2.75) is 38.5 Å². The topological polar surface area (TPSA) is 66.5 Å². The molecule has 150 valence electrons. The van der Waals surface area contributed by atoms with Gasteiger partial charge >= 0.3 is 0 Å². The number of benzene rings is 2. The van der Waals surface area contributed by atoms with Gasteiger partial charge in [0, 0.05) is 19.0 Å². The average Bonchev–Trinajstić information content (AvgIpc) is 2.68. The number of rotatable bonds is 6. The molecule has 1 aliphatic heterocycles. The summed E-state index contributed by atoms with van der Waals surface area (Å²) in [6, 6.07) is 17.4. The number of hydrogen-bond donors (Lipinski definition) is 1. The largest absolute Gasteiger partial charge is 0.349 e. The van der Waals surface area contributed by atoms with E-state index in [1.165, 1.54) is 4.31 Å². The van der Waals surface area contributed by atoms with Gasteiger partial charge in [0.05, 0.1) is 11.8 Å². The van der Waals surface area contributed by atoms with Crippen molar-refractivity contribution in [3.63, 3.8) is 0 Å². The number of aryl methyl sites for hydroxylation is 1. The Morgan fingerprint density at radius 3 is 2.43 bits per heavy atom. The van der Waals surface area contributed by atoms with E-state index in [-0.39, 0.29) is 23.6 Å². The second kappa shape index (κ2) is 8.88. The number of nitrogens with zero attached hydrogens (tertiary/aromatic N) is 1. The van der Waals surface area contributed by atoms with Crippen LogP contribution in [0.2, 0.25) is 0 Å².